The Bertz CT molecular complexity index is 519. The van der Waals surface area contributed by atoms with Gasteiger partial charge in [-0.25, -0.2) is 0 Å². The van der Waals surface area contributed by atoms with Gasteiger partial charge in [-0.2, -0.15) is 18.4 Å². The first kappa shape index (κ1) is 14.7. The molecular formula is C14H16F3N3. The van der Waals surface area contributed by atoms with Gasteiger partial charge in [-0.05, 0) is 37.5 Å². The van der Waals surface area contributed by atoms with Gasteiger partial charge in [-0.1, -0.05) is 0 Å². The maximum absolute atomic E-state index is 13.0. The first-order chi connectivity index (χ1) is 9.47. The van der Waals surface area contributed by atoms with E-state index in [-0.39, 0.29) is 11.6 Å². The molecule has 1 aliphatic heterocycles. The maximum Gasteiger partial charge on any atom is 0.417 e. The van der Waals surface area contributed by atoms with Gasteiger partial charge in [0.25, 0.3) is 0 Å². The van der Waals surface area contributed by atoms with Crippen LogP contribution in [0.5, 0.6) is 0 Å². The lowest BCUT2D eigenvalue weighted by Gasteiger charge is -2.37. The molecule has 1 unspecified atom stereocenters. The van der Waals surface area contributed by atoms with Crippen molar-refractivity contribution in [3.8, 4) is 6.07 Å². The van der Waals surface area contributed by atoms with Crippen LogP contribution in [-0.2, 0) is 6.18 Å². The van der Waals surface area contributed by atoms with Crippen LogP contribution in [0.25, 0.3) is 0 Å². The van der Waals surface area contributed by atoms with Crippen LogP contribution in [0.15, 0.2) is 18.2 Å². The molecule has 0 spiro atoms. The number of nitriles is 1. The Balaban J connectivity index is 2.40. The van der Waals surface area contributed by atoms with Crippen molar-refractivity contribution in [2.75, 3.05) is 18.0 Å². The van der Waals surface area contributed by atoms with Crippen molar-refractivity contribution in [2.24, 2.45) is 5.73 Å². The highest BCUT2D eigenvalue weighted by molar-refractivity contribution is 5.55. The van der Waals surface area contributed by atoms with Crippen molar-refractivity contribution in [1.82, 2.24) is 0 Å². The van der Waals surface area contributed by atoms with Crippen LogP contribution in [0.3, 0.4) is 0 Å². The number of rotatable bonds is 2. The quantitative estimate of drug-likeness (QED) is 0.908. The second-order valence-corrected chi connectivity index (χ2v) is 4.92. The number of hydrogen-bond acceptors (Lipinski definition) is 3. The lowest BCUT2D eigenvalue weighted by atomic mass is 9.99. The first-order valence-corrected chi connectivity index (χ1v) is 6.55. The normalized spacial score (nSPS) is 19.8. The third-order valence-corrected chi connectivity index (χ3v) is 3.66. The summed E-state index contributed by atoms with van der Waals surface area (Å²) in [4.78, 5) is 1.92. The Morgan fingerprint density at radius 2 is 2.10 bits per heavy atom. The minimum atomic E-state index is -4.52. The van der Waals surface area contributed by atoms with Crippen molar-refractivity contribution in [3.63, 3.8) is 0 Å². The SMILES string of the molecule is N#Cc1ccc(N2CCCCC2CN)cc1C(F)(F)F. The summed E-state index contributed by atoms with van der Waals surface area (Å²) < 4.78 is 38.9. The smallest absolute Gasteiger partial charge is 0.367 e. The summed E-state index contributed by atoms with van der Waals surface area (Å²) in [6.07, 6.45) is -1.65. The van der Waals surface area contributed by atoms with E-state index in [1.54, 1.807) is 12.1 Å². The zero-order valence-corrected chi connectivity index (χ0v) is 11.0. The fraction of sp³-hybridized carbons (Fsp3) is 0.500. The number of hydrogen-bond donors (Lipinski definition) is 1. The molecule has 1 aliphatic rings. The standard InChI is InChI=1S/C14H16F3N3/c15-14(16,17)13-7-11(5-4-10(13)8-18)20-6-2-1-3-12(20)9-19/h4-5,7,12H,1-3,6,9,19H2. The Hall–Kier alpha value is -1.74. The number of halogens is 3. The van der Waals surface area contributed by atoms with E-state index >= 15 is 0 Å². The van der Waals surface area contributed by atoms with Crippen molar-refractivity contribution >= 4 is 5.69 Å². The third-order valence-electron chi connectivity index (χ3n) is 3.66. The van der Waals surface area contributed by atoms with Crippen LogP contribution in [0.2, 0.25) is 0 Å². The van der Waals surface area contributed by atoms with Crippen LogP contribution < -0.4 is 10.6 Å². The second-order valence-electron chi connectivity index (χ2n) is 4.92. The van der Waals surface area contributed by atoms with E-state index in [9.17, 15) is 13.2 Å². The summed E-state index contributed by atoms with van der Waals surface area (Å²) in [5, 5.41) is 8.80. The molecule has 108 valence electrons. The average molecular weight is 283 g/mol. The second kappa shape index (κ2) is 5.71. The summed E-state index contributed by atoms with van der Waals surface area (Å²) in [6.45, 7) is 1.12. The third kappa shape index (κ3) is 2.88. The van der Waals surface area contributed by atoms with Gasteiger partial charge in [0.15, 0.2) is 0 Å². The van der Waals surface area contributed by atoms with Gasteiger partial charge in [0.05, 0.1) is 17.2 Å². The number of nitrogens with zero attached hydrogens (tertiary/aromatic N) is 2. The van der Waals surface area contributed by atoms with Gasteiger partial charge >= 0.3 is 6.18 Å². The van der Waals surface area contributed by atoms with E-state index in [4.69, 9.17) is 11.0 Å². The van der Waals surface area contributed by atoms with Crippen molar-refractivity contribution in [1.29, 1.82) is 5.26 Å². The van der Waals surface area contributed by atoms with E-state index in [1.165, 1.54) is 6.07 Å². The fourth-order valence-electron chi connectivity index (χ4n) is 2.63. The molecule has 1 fully saturated rings. The fourth-order valence-corrected chi connectivity index (χ4v) is 2.63. The van der Waals surface area contributed by atoms with Gasteiger partial charge < -0.3 is 10.6 Å². The number of benzene rings is 1. The Morgan fingerprint density at radius 3 is 2.70 bits per heavy atom. The molecule has 0 amide bonds. The molecule has 0 aliphatic carbocycles. The van der Waals surface area contributed by atoms with E-state index in [0.29, 0.717) is 18.8 Å². The van der Waals surface area contributed by atoms with Gasteiger partial charge in [0, 0.05) is 24.8 Å². The molecule has 3 nitrogen and oxygen atoms in total. The lowest BCUT2D eigenvalue weighted by molar-refractivity contribution is -0.137. The molecule has 2 rings (SSSR count). The number of alkyl halides is 3. The predicted molar refractivity (Wildman–Crippen MR) is 70.2 cm³/mol. The summed E-state index contributed by atoms with van der Waals surface area (Å²) in [5.41, 5.74) is 4.97. The highest BCUT2D eigenvalue weighted by Gasteiger charge is 2.34. The summed E-state index contributed by atoms with van der Waals surface area (Å²) in [7, 11) is 0. The van der Waals surface area contributed by atoms with E-state index in [2.05, 4.69) is 0 Å². The Kier molecular flexibility index (Phi) is 4.19. The average Bonchev–Trinajstić information content (AvgIpc) is 2.45. The molecule has 1 saturated heterocycles. The van der Waals surface area contributed by atoms with Gasteiger partial charge in [-0.3, -0.25) is 0 Å². The van der Waals surface area contributed by atoms with E-state index in [1.807, 2.05) is 4.90 Å². The van der Waals surface area contributed by atoms with Crippen LogP contribution in [-0.4, -0.2) is 19.1 Å². The molecule has 1 atom stereocenters. The summed E-state index contributed by atoms with van der Waals surface area (Å²) in [5.74, 6) is 0. The zero-order chi connectivity index (χ0) is 14.8. The molecule has 0 saturated carbocycles. The van der Waals surface area contributed by atoms with E-state index < -0.39 is 11.7 Å². The van der Waals surface area contributed by atoms with Crippen molar-refractivity contribution in [3.05, 3.63) is 29.3 Å². The molecule has 0 aromatic heterocycles. The molecule has 1 heterocycles. The lowest BCUT2D eigenvalue weighted by Crippen LogP contribution is -2.44. The molecule has 20 heavy (non-hydrogen) atoms. The van der Waals surface area contributed by atoms with Crippen LogP contribution in [0, 0.1) is 11.3 Å². The molecule has 0 radical (unpaired) electrons. The monoisotopic (exact) mass is 283 g/mol. The minimum absolute atomic E-state index is 0.0674. The molecular weight excluding hydrogens is 267 g/mol. The minimum Gasteiger partial charge on any atom is -0.367 e. The number of piperidine rings is 1. The van der Waals surface area contributed by atoms with Gasteiger partial charge in [0.1, 0.15) is 0 Å². The molecule has 1 aromatic carbocycles. The predicted octanol–water partition coefficient (Wildman–Crippen LogP) is 2.89. The van der Waals surface area contributed by atoms with Crippen molar-refractivity contribution < 1.29 is 13.2 Å². The highest BCUT2D eigenvalue weighted by atomic mass is 19.4. The topological polar surface area (TPSA) is 53.0 Å². The van der Waals surface area contributed by atoms with E-state index in [0.717, 1.165) is 25.3 Å². The van der Waals surface area contributed by atoms with Crippen LogP contribution in [0.1, 0.15) is 30.4 Å². The first-order valence-electron chi connectivity index (χ1n) is 6.55. The number of nitrogens with two attached hydrogens (primary N) is 1. The van der Waals surface area contributed by atoms with Crippen LogP contribution in [0.4, 0.5) is 18.9 Å². The van der Waals surface area contributed by atoms with Gasteiger partial charge in [0.2, 0.25) is 0 Å². The zero-order valence-electron chi connectivity index (χ0n) is 11.0. The molecule has 1 aromatic rings. The summed E-state index contributed by atoms with van der Waals surface area (Å²) >= 11 is 0. The molecule has 2 N–H and O–H groups in total. The molecule has 0 bridgehead atoms. The Morgan fingerprint density at radius 1 is 1.35 bits per heavy atom. The largest absolute Gasteiger partial charge is 0.417 e. The van der Waals surface area contributed by atoms with Crippen LogP contribution >= 0.6 is 0 Å². The van der Waals surface area contributed by atoms with Crippen molar-refractivity contribution in [2.45, 2.75) is 31.5 Å². The van der Waals surface area contributed by atoms with Gasteiger partial charge in [-0.15, -0.1) is 0 Å². The highest BCUT2D eigenvalue weighted by Crippen LogP contribution is 2.35. The summed E-state index contributed by atoms with van der Waals surface area (Å²) in [6, 6.07) is 5.53. The number of anilines is 1. The maximum atomic E-state index is 13.0. The molecule has 6 heteroatoms. The Labute approximate surface area is 115 Å².